The molecule has 1 saturated carbocycles. The summed E-state index contributed by atoms with van der Waals surface area (Å²) in [6.45, 7) is 3.52. The number of carboxylic acids is 1. The van der Waals surface area contributed by atoms with Crippen LogP contribution in [0.1, 0.15) is 54.1 Å². The molecule has 1 aliphatic heterocycles. The van der Waals surface area contributed by atoms with E-state index in [1.807, 2.05) is 30.3 Å². The lowest BCUT2D eigenvalue weighted by Crippen LogP contribution is -2.49. The largest absolute Gasteiger partial charge is 0.477 e. The third-order valence-electron chi connectivity index (χ3n) is 10.8. The van der Waals surface area contributed by atoms with E-state index in [0.29, 0.717) is 54.7 Å². The molecule has 18 nitrogen and oxygen atoms in total. The van der Waals surface area contributed by atoms with Crippen molar-refractivity contribution in [1.82, 2.24) is 25.4 Å². The minimum Gasteiger partial charge on any atom is -0.477 e. The maximum atomic E-state index is 15.3. The number of alkyl carbamates (subject to hydrolysis) is 1. The third kappa shape index (κ3) is 11.1. The van der Waals surface area contributed by atoms with E-state index in [-0.39, 0.29) is 62.9 Å². The number of nitrogens with one attached hydrogen (secondary N) is 4. The Morgan fingerprint density at radius 2 is 1.61 bits per heavy atom. The van der Waals surface area contributed by atoms with Crippen molar-refractivity contribution in [3.8, 4) is 0 Å². The van der Waals surface area contributed by atoms with Gasteiger partial charge in [0.2, 0.25) is 11.3 Å². The Kier molecular flexibility index (Phi) is 14.2. The zero-order valence-electron chi connectivity index (χ0n) is 34.2. The number of primary amides is 1. The molecule has 3 aromatic carbocycles. The second kappa shape index (κ2) is 19.8. The number of rotatable bonds is 17. The number of ether oxygens (including phenoxy) is 2. The molecular formula is C43H50FN9O9. The quantitative estimate of drug-likeness (QED) is 0.0747. The number of amides is 5. The Balaban J connectivity index is 0.995. The normalized spacial score (nSPS) is 15.0. The molecule has 0 spiro atoms. The molecule has 0 radical (unpaired) electrons. The minimum absolute atomic E-state index is 0.0234. The van der Waals surface area contributed by atoms with Crippen molar-refractivity contribution >= 4 is 52.4 Å². The van der Waals surface area contributed by atoms with Crippen LogP contribution in [-0.2, 0) is 34.0 Å². The number of pyridine rings is 1. The number of aromatic carboxylic acids is 1. The molecule has 5 amide bonds. The van der Waals surface area contributed by atoms with Crippen LogP contribution in [0.15, 0.2) is 89.6 Å². The van der Waals surface area contributed by atoms with Crippen LogP contribution in [0, 0.1) is 5.82 Å². The first-order valence-corrected chi connectivity index (χ1v) is 20.2. The van der Waals surface area contributed by atoms with E-state index < -0.39 is 52.6 Å². The van der Waals surface area contributed by atoms with Crippen molar-refractivity contribution < 1.29 is 42.9 Å². The number of nitrogens with zero attached hydrogens (tertiary/aromatic N) is 3. The van der Waals surface area contributed by atoms with Gasteiger partial charge < -0.3 is 61.7 Å². The van der Waals surface area contributed by atoms with Gasteiger partial charge in [0.15, 0.2) is 0 Å². The van der Waals surface area contributed by atoms with Gasteiger partial charge in [-0.05, 0) is 68.0 Å². The Labute approximate surface area is 356 Å². The average Bonchev–Trinajstić information content (AvgIpc) is 4.05. The lowest BCUT2D eigenvalue weighted by Gasteiger charge is -2.35. The van der Waals surface area contributed by atoms with Gasteiger partial charge in [0, 0.05) is 62.7 Å². The van der Waals surface area contributed by atoms with Crippen molar-refractivity contribution in [1.29, 1.82) is 0 Å². The summed E-state index contributed by atoms with van der Waals surface area (Å²) in [6, 6.07) is 17.1. The van der Waals surface area contributed by atoms with Gasteiger partial charge in [-0.15, -0.1) is 0 Å². The highest BCUT2D eigenvalue weighted by Crippen LogP contribution is 2.40. The fraction of sp³-hybridized carbons (Fsp3) is 0.349. The fourth-order valence-corrected chi connectivity index (χ4v) is 7.04. The highest BCUT2D eigenvalue weighted by Gasteiger charge is 2.47. The number of anilines is 2. The first-order valence-electron chi connectivity index (χ1n) is 20.2. The minimum atomic E-state index is -1.38. The molecule has 1 atom stereocenters. The van der Waals surface area contributed by atoms with Crippen molar-refractivity contribution in [3.05, 3.63) is 118 Å². The molecule has 2 heterocycles. The zero-order chi connectivity index (χ0) is 44.4. The number of aromatic nitrogens is 1. The lowest BCUT2D eigenvalue weighted by atomic mass is 10.1. The fourth-order valence-electron chi connectivity index (χ4n) is 7.04. The van der Waals surface area contributed by atoms with Crippen molar-refractivity contribution in [2.75, 3.05) is 42.9 Å². The van der Waals surface area contributed by atoms with Crippen molar-refractivity contribution in [2.24, 2.45) is 11.5 Å². The molecule has 0 unspecified atom stereocenters. The van der Waals surface area contributed by atoms with Crippen LogP contribution < -0.4 is 43.1 Å². The van der Waals surface area contributed by atoms with E-state index in [9.17, 15) is 33.9 Å². The van der Waals surface area contributed by atoms with Gasteiger partial charge in [0.25, 0.3) is 0 Å². The summed E-state index contributed by atoms with van der Waals surface area (Å²) in [6.07, 6.45) is 3.48. The molecular weight excluding hydrogens is 806 g/mol. The molecule has 6 rings (SSSR count). The van der Waals surface area contributed by atoms with E-state index in [2.05, 4.69) is 21.3 Å². The number of carbonyl (C=O) groups excluding carboxylic acids is 4. The number of aryl methyl sites for hydroxylation is 1. The summed E-state index contributed by atoms with van der Waals surface area (Å²) in [7, 11) is 0. The topological polar surface area (TPSA) is 253 Å². The number of carbonyl (C=O) groups is 5. The summed E-state index contributed by atoms with van der Waals surface area (Å²) in [5.74, 6) is -2.44. The molecule has 9 N–H and O–H groups in total. The maximum Gasteiger partial charge on any atom is 0.410 e. The van der Waals surface area contributed by atoms with Gasteiger partial charge in [-0.2, -0.15) is 0 Å². The highest BCUT2D eigenvalue weighted by molar-refractivity contribution is 5.95. The number of halogens is 1. The lowest BCUT2D eigenvalue weighted by molar-refractivity contribution is -0.118. The first-order chi connectivity index (χ1) is 29.8. The van der Waals surface area contributed by atoms with Gasteiger partial charge in [0.05, 0.1) is 22.4 Å². The Morgan fingerprint density at radius 1 is 0.935 bits per heavy atom. The second-order valence-corrected chi connectivity index (χ2v) is 15.0. The zero-order valence-corrected chi connectivity index (χ0v) is 34.2. The monoisotopic (exact) mass is 855 g/mol. The molecule has 2 fully saturated rings. The number of benzene rings is 3. The number of urea groups is 1. The van der Waals surface area contributed by atoms with Gasteiger partial charge in [-0.3, -0.25) is 9.59 Å². The van der Waals surface area contributed by atoms with Crippen LogP contribution in [0.2, 0.25) is 0 Å². The number of piperazine rings is 1. The van der Waals surface area contributed by atoms with E-state index >= 15 is 4.39 Å². The standard InChI is InChI=1S/C43H50FN9O9/c1-2-51-24-31(39(56)57)37(54)30-21-32(44)35(22-34(30)51)52-17-19-53(20-18-52)42(60)62-26-28-10-12-29(13-11-28)49-38(55)33(9-6-16-47-40(46)58)48-23-36(45)43(14-15-43)50-41(59)61-25-27-7-4-3-5-8-27/h3-5,7-8,10-13,21-24,33,48H,2,6,9,14-20,25-26,45H2,1H3,(H,49,55)(H,50,59)(H,56,57)(H3,46,47,58)/b36-23-/t33-/m0/s1. The van der Waals surface area contributed by atoms with Gasteiger partial charge in [-0.25, -0.2) is 23.6 Å². The maximum absolute atomic E-state index is 15.3. The summed E-state index contributed by atoms with van der Waals surface area (Å²) < 4.78 is 27.8. The van der Waals surface area contributed by atoms with Gasteiger partial charge in [0.1, 0.15) is 30.6 Å². The predicted octanol–water partition coefficient (Wildman–Crippen LogP) is 3.92. The van der Waals surface area contributed by atoms with Crippen molar-refractivity contribution in [3.63, 3.8) is 0 Å². The molecule has 1 aliphatic carbocycles. The summed E-state index contributed by atoms with van der Waals surface area (Å²) in [5, 5.41) is 20.7. The van der Waals surface area contributed by atoms with E-state index in [1.54, 1.807) is 40.7 Å². The van der Waals surface area contributed by atoms with E-state index in [4.69, 9.17) is 20.9 Å². The Bertz CT molecular complexity index is 2380. The Hall–Kier alpha value is -7.31. The van der Waals surface area contributed by atoms with Crippen LogP contribution in [0.3, 0.4) is 0 Å². The van der Waals surface area contributed by atoms with Crippen LogP contribution in [0.25, 0.3) is 10.9 Å². The van der Waals surface area contributed by atoms with Crippen LogP contribution >= 0.6 is 0 Å². The van der Waals surface area contributed by atoms with Crippen molar-refractivity contribution in [2.45, 2.75) is 63.9 Å². The molecule has 62 heavy (non-hydrogen) atoms. The molecule has 19 heteroatoms. The smallest absolute Gasteiger partial charge is 0.410 e. The summed E-state index contributed by atoms with van der Waals surface area (Å²) >= 11 is 0. The van der Waals surface area contributed by atoms with Crippen LogP contribution in [-0.4, -0.2) is 89.0 Å². The number of hydrogen-bond acceptors (Lipinski definition) is 11. The SMILES string of the molecule is CCn1cc(C(=O)O)c(=O)c2cc(F)c(N3CCN(C(=O)OCc4ccc(NC(=O)[C@H](CCCNC(N)=O)N/C=C(\N)C5(NC(=O)OCc6ccccc6)CC5)cc4)CC3)cc21. The molecule has 1 saturated heterocycles. The number of fused-ring (bicyclic) bond motifs is 1. The number of nitrogens with two attached hydrogens (primary N) is 2. The molecule has 0 bridgehead atoms. The molecule has 2 aliphatic rings. The molecule has 1 aromatic heterocycles. The van der Waals surface area contributed by atoms with Gasteiger partial charge >= 0.3 is 24.2 Å². The predicted molar refractivity (Wildman–Crippen MR) is 228 cm³/mol. The highest BCUT2D eigenvalue weighted by atomic mass is 19.1. The van der Waals surface area contributed by atoms with Gasteiger partial charge in [-0.1, -0.05) is 42.5 Å². The molecule has 4 aromatic rings. The average molecular weight is 856 g/mol. The van der Waals surface area contributed by atoms with E-state index in [0.717, 1.165) is 11.6 Å². The Morgan fingerprint density at radius 3 is 2.26 bits per heavy atom. The second-order valence-electron chi connectivity index (χ2n) is 15.0. The number of hydrogen-bond donors (Lipinski definition) is 7. The summed E-state index contributed by atoms with van der Waals surface area (Å²) in [4.78, 5) is 77.8. The molecule has 328 valence electrons. The van der Waals surface area contributed by atoms with Crippen LogP contribution in [0.4, 0.5) is 30.1 Å². The van der Waals surface area contributed by atoms with E-state index in [1.165, 1.54) is 23.4 Å². The van der Waals surface area contributed by atoms with Crippen LogP contribution in [0.5, 0.6) is 0 Å². The summed E-state index contributed by atoms with van der Waals surface area (Å²) in [5.41, 5.74) is 12.5. The third-order valence-corrected chi connectivity index (χ3v) is 10.8. The number of carboxylic acid groups (broad SMARTS) is 1. The first kappa shape index (κ1) is 44.2.